The van der Waals surface area contributed by atoms with Gasteiger partial charge < -0.3 is 14.2 Å². The minimum Gasteiger partial charge on any atom is -0.750 e. The summed E-state index contributed by atoms with van der Waals surface area (Å²) in [5.41, 5.74) is 0. The molecule has 0 amide bonds. The van der Waals surface area contributed by atoms with E-state index in [0.29, 0.717) is 0 Å². The molecule has 0 rings (SSSR count). The van der Waals surface area contributed by atoms with E-state index in [0.717, 1.165) is 6.08 Å². The Morgan fingerprint density at radius 1 is 1.46 bits per heavy atom. The molecular formula is C6H9KO5S. The number of rotatable bonds is 2. The Hall–Kier alpha value is 0.656. The van der Waals surface area contributed by atoms with Crippen LogP contribution in [0.1, 0.15) is 6.92 Å². The largest absolute Gasteiger partial charge is 1.00 e. The second kappa shape index (κ2) is 15.1. The van der Waals surface area contributed by atoms with Crippen LogP contribution in [0.3, 0.4) is 0 Å². The number of carboxylic acids is 1. The van der Waals surface area contributed by atoms with Crippen LogP contribution in [0.4, 0.5) is 0 Å². The van der Waals surface area contributed by atoms with Crippen molar-refractivity contribution >= 4 is 17.3 Å². The first kappa shape index (κ1) is 19.3. The molecular weight excluding hydrogens is 223 g/mol. The van der Waals surface area contributed by atoms with Gasteiger partial charge in [0.1, 0.15) is 0 Å². The third-order valence-corrected chi connectivity index (χ3v) is 0.542. The smallest absolute Gasteiger partial charge is 0.750 e. The summed E-state index contributed by atoms with van der Waals surface area (Å²) in [7, 11) is 0. The summed E-state index contributed by atoms with van der Waals surface area (Å²) in [5, 5.41) is 8.02. The number of hydrogen-bond donors (Lipinski definition) is 2. The minimum atomic E-state index is -2.86. The summed E-state index contributed by atoms with van der Waals surface area (Å²) in [5.74, 6) is -0.914. The SMILES string of the molecule is CC=CC=CC(=O)O.O=S([O-])O.[K+]. The van der Waals surface area contributed by atoms with E-state index in [9.17, 15) is 4.79 Å². The van der Waals surface area contributed by atoms with Gasteiger partial charge in [-0.1, -0.05) is 18.2 Å². The van der Waals surface area contributed by atoms with Gasteiger partial charge >= 0.3 is 57.4 Å². The molecule has 0 spiro atoms. The second-order valence-electron chi connectivity index (χ2n) is 1.44. The zero-order valence-electron chi connectivity index (χ0n) is 7.34. The van der Waals surface area contributed by atoms with Crippen molar-refractivity contribution in [3.8, 4) is 0 Å². The average molecular weight is 232 g/mol. The van der Waals surface area contributed by atoms with Crippen LogP contribution in [0.15, 0.2) is 24.3 Å². The fraction of sp³-hybridized carbons (Fsp3) is 0.167. The second-order valence-corrected chi connectivity index (χ2v) is 1.87. The number of allylic oxidation sites excluding steroid dienone is 3. The molecule has 1 unspecified atom stereocenters. The Balaban J connectivity index is -0.000000173. The van der Waals surface area contributed by atoms with E-state index in [-0.39, 0.29) is 51.4 Å². The summed E-state index contributed by atoms with van der Waals surface area (Å²) in [6.45, 7) is 1.83. The molecule has 2 N–H and O–H groups in total. The van der Waals surface area contributed by atoms with Crippen molar-refractivity contribution in [2.24, 2.45) is 0 Å². The maximum absolute atomic E-state index is 9.75. The van der Waals surface area contributed by atoms with Gasteiger partial charge in [0.15, 0.2) is 0 Å². The van der Waals surface area contributed by atoms with Crippen LogP contribution in [0.2, 0.25) is 0 Å². The monoisotopic (exact) mass is 232 g/mol. The molecule has 7 heteroatoms. The number of carboxylic acid groups (broad SMARTS) is 1. The van der Waals surface area contributed by atoms with E-state index in [1.54, 1.807) is 12.2 Å². The molecule has 0 aliphatic rings. The molecule has 70 valence electrons. The van der Waals surface area contributed by atoms with Gasteiger partial charge in [-0.2, -0.15) is 0 Å². The zero-order chi connectivity index (χ0) is 9.98. The van der Waals surface area contributed by atoms with Crippen molar-refractivity contribution in [3.63, 3.8) is 0 Å². The Morgan fingerprint density at radius 2 is 1.85 bits per heavy atom. The maximum Gasteiger partial charge on any atom is 1.00 e. The van der Waals surface area contributed by atoms with Crippen LogP contribution in [-0.2, 0) is 16.2 Å². The van der Waals surface area contributed by atoms with Crippen LogP contribution in [0.25, 0.3) is 0 Å². The molecule has 0 saturated heterocycles. The number of aliphatic carboxylic acids is 1. The fourth-order valence-corrected chi connectivity index (χ4v) is 0.249. The number of hydrogen-bond acceptors (Lipinski definition) is 3. The van der Waals surface area contributed by atoms with Crippen molar-refractivity contribution in [1.82, 2.24) is 0 Å². The van der Waals surface area contributed by atoms with Crippen LogP contribution in [-0.4, -0.2) is 24.4 Å². The minimum absolute atomic E-state index is 0. The summed E-state index contributed by atoms with van der Waals surface area (Å²) in [6.07, 6.45) is 5.98. The quantitative estimate of drug-likeness (QED) is 0.238. The first-order valence-electron chi connectivity index (χ1n) is 2.81. The molecule has 1 atom stereocenters. The topological polar surface area (TPSA) is 97.7 Å². The van der Waals surface area contributed by atoms with Crippen LogP contribution >= 0.6 is 0 Å². The molecule has 0 aromatic carbocycles. The van der Waals surface area contributed by atoms with Crippen LogP contribution in [0.5, 0.6) is 0 Å². The van der Waals surface area contributed by atoms with Crippen molar-refractivity contribution in [1.29, 1.82) is 0 Å². The van der Waals surface area contributed by atoms with E-state index in [2.05, 4.69) is 0 Å². The van der Waals surface area contributed by atoms with Gasteiger partial charge in [0.05, 0.1) is 11.4 Å². The fourth-order valence-electron chi connectivity index (χ4n) is 0.249. The van der Waals surface area contributed by atoms with E-state index < -0.39 is 17.3 Å². The molecule has 0 aromatic rings. The normalized spacial score (nSPS) is 11.6. The zero-order valence-corrected chi connectivity index (χ0v) is 11.3. The standard InChI is InChI=1S/C6H8O2.K.H2O3S/c1-2-3-4-5-6(7)8;;1-4(2)3/h2-5H,1H3,(H,7,8);;(H2,1,2,3)/q;+1;/p-1. The predicted molar refractivity (Wildman–Crippen MR) is 43.1 cm³/mol. The molecule has 0 bridgehead atoms. The molecule has 0 fully saturated rings. The molecule has 0 saturated carbocycles. The van der Waals surface area contributed by atoms with E-state index >= 15 is 0 Å². The maximum atomic E-state index is 9.75. The van der Waals surface area contributed by atoms with Gasteiger partial charge in [0, 0.05) is 6.08 Å². The molecule has 0 aliphatic carbocycles. The first-order valence-corrected chi connectivity index (χ1v) is 3.84. The van der Waals surface area contributed by atoms with E-state index in [4.69, 9.17) is 18.4 Å². The first-order chi connectivity index (χ1) is 5.50. The molecule has 0 aliphatic heterocycles. The summed E-state index contributed by atoms with van der Waals surface area (Å²) >= 11 is -2.86. The molecule has 0 heterocycles. The third kappa shape index (κ3) is 44.9. The van der Waals surface area contributed by atoms with Gasteiger partial charge in [-0.25, -0.2) is 9.00 Å². The van der Waals surface area contributed by atoms with Crippen LogP contribution in [0, 0.1) is 0 Å². The van der Waals surface area contributed by atoms with Gasteiger partial charge in [-0.05, 0) is 6.92 Å². The van der Waals surface area contributed by atoms with Crippen molar-refractivity contribution in [2.75, 3.05) is 0 Å². The van der Waals surface area contributed by atoms with Crippen LogP contribution < -0.4 is 51.4 Å². The Labute approximate surface area is 121 Å². The average Bonchev–Trinajstić information content (AvgIpc) is 1.86. The summed E-state index contributed by atoms with van der Waals surface area (Å²) in [4.78, 5) is 9.75. The molecule has 13 heavy (non-hydrogen) atoms. The van der Waals surface area contributed by atoms with Gasteiger partial charge in [0.25, 0.3) is 0 Å². The van der Waals surface area contributed by atoms with Gasteiger partial charge in [-0.15, -0.1) is 0 Å². The molecule has 0 radical (unpaired) electrons. The predicted octanol–water partition coefficient (Wildman–Crippen LogP) is -2.45. The Kier molecular flexibility index (Phi) is 22.4. The third-order valence-electron chi connectivity index (χ3n) is 0.542. The Bertz CT molecular complexity index is 197. The summed E-state index contributed by atoms with van der Waals surface area (Å²) < 4.78 is 24.1. The van der Waals surface area contributed by atoms with E-state index in [1.807, 2.05) is 6.92 Å². The van der Waals surface area contributed by atoms with Crippen molar-refractivity contribution < 1.29 is 74.6 Å². The summed E-state index contributed by atoms with van der Waals surface area (Å²) in [6, 6.07) is 0. The molecule has 5 nitrogen and oxygen atoms in total. The Morgan fingerprint density at radius 3 is 2.08 bits per heavy atom. The van der Waals surface area contributed by atoms with Gasteiger partial charge in [0.2, 0.25) is 0 Å². The van der Waals surface area contributed by atoms with Crippen molar-refractivity contribution in [3.05, 3.63) is 24.3 Å². The number of carbonyl (C=O) groups is 1. The van der Waals surface area contributed by atoms with Gasteiger partial charge in [-0.3, -0.25) is 0 Å². The van der Waals surface area contributed by atoms with Crippen molar-refractivity contribution in [2.45, 2.75) is 6.92 Å². The molecule has 0 aromatic heterocycles. The van der Waals surface area contributed by atoms with E-state index in [1.165, 1.54) is 6.08 Å².